The fourth-order valence-corrected chi connectivity index (χ4v) is 3.38. The molecule has 1 atom stereocenters. The summed E-state index contributed by atoms with van der Waals surface area (Å²) >= 11 is 1.53. The van der Waals surface area contributed by atoms with Crippen LogP contribution in [0, 0.1) is 0 Å². The SMILES string of the molecule is O=C(O)C1c2ccsc2CCN1C(=O)NCc1ccco1. The smallest absolute Gasteiger partial charge is 0.331 e. The molecule has 2 aromatic heterocycles. The summed E-state index contributed by atoms with van der Waals surface area (Å²) in [4.78, 5) is 26.2. The lowest BCUT2D eigenvalue weighted by Crippen LogP contribution is -2.47. The number of nitrogens with one attached hydrogen (secondary N) is 1. The van der Waals surface area contributed by atoms with Crippen molar-refractivity contribution in [3.8, 4) is 0 Å². The number of furan rings is 1. The van der Waals surface area contributed by atoms with Gasteiger partial charge in [0.1, 0.15) is 5.76 Å². The molecule has 0 saturated carbocycles. The van der Waals surface area contributed by atoms with Gasteiger partial charge in [0.25, 0.3) is 0 Å². The Morgan fingerprint density at radius 3 is 3.05 bits per heavy atom. The van der Waals surface area contributed by atoms with Crippen LogP contribution in [-0.2, 0) is 17.8 Å². The van der Waals surface area contributed by atoms with E-state index in [4.69, 9.17) is 4.42 Å². The summed E-state index contributed by atoms with van der Waals surface area (Å²) in [7, 11) is 0. The molecule has 0 saturated heterocycles. The monoisotopic (exact) mass is 306 g/mol. The minimum absolute atomic E-state index is 0.241. The summed E-state index contributed by atoms with van der Waals surface area (Å²) < 4.78 is 5.14. The van der Waals surface area contributed by atoms with Crippen molar-refractivity contribution in [3.05, 3.63) is 46.0 Å². The molecule has 0 spiro atoms. The first-order valence-electron chi connectivity index (χ1n) is 6.52. The highest BCUT2D eigenvalue weighted by Crippen LogP contribution is 2.33. The second-order valence-corrected chi connectivity index (χ2v) is 5.72. The average molecular weight is 306 g/mol. The molecule has 1 unspecified atom stereocenters. The molecule has 1 aliphatic heterocycles. The van der Waals surface area contributed by atoms with E-state index in [1.54, 1.807) is 18.2 Å². The quantitative estimate of drug-likeness (QED) is 0.911. The van der Waals surface area contributed by atoms with E-state index in [1.165, 1.54) is 22.5 Å². The van der Waals surface area contributed by atoms with E-state index in [0.29, 0.717) is 24.3 Å². The van der Waals surface area contributed by atoms with Gasteiger partial charge in [0.05, 0.1) is 12.8 Å². The van der Waals surface area contributed by atoms with Crippen LogP contribution in [0.4, 0.5) is 4.79 Å². The number of amides is 2. The molecule has 6 nitrogen and oxygen atoms in total. The van der Waals surface area contributed by atoms with E-state index in [2.05, 4.69) is 5.32 Å². The largest absolute Gasteiger partial charge is 0.479 e. The maximum Gasteiger partial charge on any atom is 0.331 e. The zero-order valence-corrected chi connectivity index (χ0v) is 11.9. The number of hydrogen-bond donors (Lipinski definition) is 2. The van der Waals surface area contributed by atoms with Crippen LogP contribution < -0.4 is 5.32 Å². The highest BCUT2D eigenvalue weighted by atomic mass is 32.1. The Balaban J connectivity index is 1.74. The Morgan fingerprint density at radius 1 is 1.48 bits per heavy atom. The van der Waals surface area contributed by atoms with Crippen LogP contribution in [0.3, 0.4) is 0 Å². The molecule has 2 N–H and O–H groups in total. The number of carbonyl (C=O) groups is 2. The van der Waals surface area contributed by atoms with Crippen LogP contribution in [0.25, 0.3) is 0 Å². The molecule has 0 radical (unpaired) electrons. The molecule has 2 aromatic rings. The van der Waals surface area contributed by atoms with Gasteiger partial charge in [-0.1, -0.05) is 0 Å². The maximum atomic E-state index is 12.3. The predicted octanol–water partition coefficient (Wildman–Crippen LogP) is 2.23. The van der Waals surface area contributed by atoms with Crippen LogP contribution in [-0.4, -0.2) is 28.6 Å². The van der Waals surface area contributed by atoms with Gasteiger partial charge in [-0.2, -0.15) is 0 Å². The van der Waals surface area contributed by atoms with Gasteiger partial charge in [-0.05, 0) is 35.6 Å². The highest BCUT2D eigenvalue weighted by Gasteiger charge is 2.36. The van der Waals surface area contributed by atoms with E-state index in [0.717, 1.165) is 4.88 Å². The molecule has 7 heteroatoms. The molecule has 21 heavy (non-hydrogen) atoms. The normalized spacial score (nSPS) is 17.3. The third-order valence-corrected chi connectivity index (χ3v) is 4.45. The first kappa shape index (κ1) is 13.7. The van der Waals surface area contributed by atoms with Crippen molar-refractivity contribution >= 4 is 23.3 Å². The summed E-state index contributed by atoms with van der Waals surface area (Å²) in [6, 6.07) is 3.96. The number of carboxylic acid groups (broad SMARTS) is 1. The Labute approximate surface area is 125 Å². The zero-order chi connectivity index (χ0) is 14.8. The van der Waals surface area contributed by atoms with E-state index in [9.17, 15) is 14.7 Å². The summed E-state index contributed by atoms with van der Waals surface area (Å²) in [6.07, 6.45) is 2.21. The Bertz CT molecular complexity index is 650. The van der Waals surface area contributed by atoms with Crippen LogP contribution in [0.15, 0.2) is 34.3 Å². The highest BCUT2D eigenvalue weighted by molar-refractivity contribution is 7.10. The number of hydrogen-bond acceptors (Lipinski definition) is 4. The minimum atomic E-state index is -1.01. The fraction of sp³-hybridized carbons (Fsp3) is 0.286. The Kier molecular flexibility index (Phi) is 3.66. The number of urea groups is 1. The van der Waals surface area contributed by atoms with Gasteiger partial charge in [0.15, 0.2) is 6.04 Å². The third-order valence-electron chi connectivity index (χ3n) is 3.45. The fourth-order valence-electron chi connectivity index (χ4n) is 2.48. The second kappa shape index (κ2) is 5.61. The van der Waals surface area contributed by atoms with Crippen molar-refractivity contribution in [1.82, 2.24) is 10.2 Å². The minimum Gasteiger partial charge on any atom is -0.479 e. The maximum absolute atomic E-state index is 12.3. The molecule has 110 valence electrons. The third kappa shape index (κ3) is 2.64. The van der Waals surface area contributed by atoms with Crippen LogP contribution >= 0.6 is 11.3 Å². The predicted molar refractivity (Wildman–Crippen MR) is 76.0 cm³/mol. The molecular formula is C14H14N2O4S. The van der Waals surface area contributed by atoms with Gasteiger partial charge < -0.3 is 19.7 Å². The number of carboxylic acids is 1. The van der Waals surface area contributed by atoms with Crippen molar-refractivity contribution in [2.45, 2.75) is 19.0 Å². The van der Waals surface area contributed by atoms with Gasteiger partial charge in [0, 0.05) is 11.4 Å². The van der Waals surface area contributed by atoms with Gasteiger partial charge in [-0.15, -0.1) is 11.3 Å². The second-order valence-electron chi connectivity index (χ2n) is 4.72. The molecule has 3 rings (SSSR count). The lowest BCUT2D eigenvalue weighted by molar-refractivity contribution is -0.142. The van der Waals surface area contributed by atoms with E-state index in [1.807, 2.05) is 5.38 Å². The number of rotatable bonds is 3. The molecule has 0 aromatic carbocycles. The molecule has 0 aliphatic carbocycles. The first-order valence-corrected chi connectivity index (χ1v) is 7.40. The average Bonchev–Trinajstić information content (AvgIpc) is 3.14. The Morgan fingerprint density at radius 2 is 2.33 bits per heavy atom. The lowest BCUT2D eigenvalue weighted by Gasteiger charge is -2.33. The van der Waals surface area contributed by atoms with E-state index >= 15 is 0 Å². The molecular weight excluding hydrogens is 292 g/mol. The summed E-state index contributed by atoms with van der Waals surface area (Å²) in [5, 5.41) is 14.0. The molecule has 0 fully saturated rings. The van der Waals surface area contributed by atoms with E-state index < -0.39 is 18.0 Å². The standard InChI is InChI=1S/C14H14N2O4S/c17-13(18)12-10-4-7-21-11(10)3-5-16(12)14(19)15-8-9-2-1-6-20-9/h1-2,4,6-7,12H,3,5,8H2,(H,15,19)(H,17,18). The van der Waals surface area contributed by atoms with Crippen LogP contribution in [0.2, 0.25) is 0 Å². The molecule has 1 aliphatic rings. The van der Waals surface area contributed by atoms with Gasteiger partial charge in [-0.3, -0.25) is 0 Å². The number of aliphatic carboxylic acids is 1. The number of fused-ring (bicyclic) bond motifs is 1. The zero-order valence-electron chi connectivity index (χ0n) is 11.1. The van der Waals surface area contributed by atoms with Crippen molar-refractivity contribution in [3.63, 3.8) is 0 Å². The lowest BCUT2D eigenvalue weighted by atomic mass is 10.0. The number of nitrogens with zero attached hydrogens (tertiary/aromatic N) is 1. The van der Waals surface area contributed by atoms with Gasteiger partial charge in [0.2, 0.25) is 0 Å². The molecule has 2 amide bonds. The summed E-state index contributed by atoms with van der Waals surface area (Å²) in [6.45, 7) is 0.639. The van der Waals surface area contributed by atoms with Crippen LogP contribution in [0.5, 0.6) is 0 Å². The van der Waals surface area contributed by atoms with Gasteiger partial charge >= 0.3 is 12.0 Å². The van der Waals surface area contributed by atoms with Crippen LogP contribution in [0.1, 0.15) is 22.2 Å². The summed E-state index contributed by atoms with van der Waals surface area (Å²) in [5.74, 6) is -0.383. The van der Waals surface area contributed by atoms with Crippen molar-refractivity contribution in [2.75, 3.05) is 6.54 Å². The van der Waals surface area contributed by atoms with Crippen molar-refractivity contribution in [1.29, 1.82) is 0 Å². The topological polar surface area (TPSA) is 82.8 Å². The number of thiophene rings is 1. The van der Waals surface area contributed by atoms with Crippen molar-refractivity contribution in [2.24, 2.45) is 0 Å². The first-order chi connectivity index (χ1) is 10.2. The number of carbonyl (C=O) groups excluding carboxylic acids is 1. The summed E-state index contributed by atoms with van der Waals surface area (Å²) in [5.41, 5.74) is 0.715. The van der Waals surface area contributed by atoms with Gasteiger partial charge in [-0.25, -0.2) is 9.59 Å². The van der Waals surface area contributed by atoms with Crippen molar-refractivity contribution < 1.29 is 19.1 Å². The molecule has 0 bridgehead atoms. The Hall–Kier alpha value is -2.28. The van der Waals surface area contributed by atoms with E-state index in [-0.39, 0.29) is 6.54 Å². The molecule has 3 heterocycles.